The van der Waals surface area contributed by atoms with Crippen LogP contribution in [0.1, 0.15) is 12.0 Å². The highest BCUT2D eigenvalue weighted by atomic mass is 16.4. The van der Waals surface area contributed by atoms with Crippen molar-refractivity contribution in [3.05, 3.63) is 36.0 Å². The summed E-state index contributed by atoms with van der Waals surface area (Å²) in [6.45, 7) is 0. The molecular weight excluding hydrogens is 220 g/mol. The molecule has 0 atom stereocenters. The first-order valence-corrected chi connectivity index (χ1v) is 4.96. The van der Waals surface area contributed by atoms with E-state index in [-0.39, 0.29) is 17.0 Å². The van der Waals surface area contributed by atoms with Gasteiger partial charge in [-0.25, -0.2) is 0 Å². The lowest BCUT2D eigenvalue weighted by Crippen LogP contribution is -2.08. The topological polar surface area (TPSA) is 94.3 Å². The van der Waals surface area contributed by atoms with Crippen LogP contribution in [0.3, 0.4) is 0 Å². The van der Waals surface area contributed by atoms with Crippen LogP contribution in [0.4, 0.5) is 0 Å². The molecule has 0 amide bonds. The summed E-state index contributed by atoms with van der Waals surface area (Å²) >= 11 is 0. The number of aromatic hydroxyl groups is 1. The van der Waals surface area contributed by atoms with Gasteiger partial charge in [0.1, 0.15) is 5.75 Å². The Morgan fingerprint density at radius 3 is 2.82 bits per heavy atom. The van der Waals surface area contributed by atoms with E-state index in [1.165, 1.54) is 6.07 Å². The molecule has 3 N–H and O–H groups in total. The fourth-order valence-corrected chi connectivity index (χ4v) is 1.70. The van der Waals surface area contributed by atoms with Crippen LogP contribution in [-0.2, 0) is 4.79 Å². The molecular formula is C12H10N2O3. The van der Waals surface area contributed by atoms with Crippen LogP contribution in [-0.4, -0.2) is 26.9 Å². The van der Waals surface area contributed by atoms with Crippen molar-refractivity contribution in [3.63, 3.8) is 0 Å². The van der Waals surface area contributed by atoms with Crippen molar-refractivity contribution in [1.82, 2.24) is 4.98 Å². The third-order valence-corrected chi connectivity index (χ3v) is 2.39. The molecule has 1 heterocycles. The highest BCUT2D eigenvalue weighted by molar-refractivity contribution is 6.15. The minimum atomic E-state index is -1.10. The molecule has 0 radical (unpaired) electrons. The summed E-state index contributed by atoms with van der Waals surface area (Å²) in [4.78, 5) is 14.7. The SMILES string of the molecule is N=C(CC(=O)O)c1c(O)ccc2ncccc12. The number of carboxylic acid groups (broad SMARTS) is 1. The third kappa shape index (κ3) is 2.08. The Balaban J connectivity index is 2.62. The van der Waals surface area contributed by atoms with E-state index in [1.807, 2.05) is 0 Å². The Labute approximate surface area is 96.9 Å². The van der Waals surface area contributed by atoms with E-state index in [9.17, 15) is 9.90 Å². The Kier molecular flexibility index (Phi) is 2.74. The van der Waals surface area contributed by atoms with Crippen LogP contribution in [0.25, 0.3) is 10.9 Å². The fraction of sp³-hybridized carbons (Fsp3) is 0.0833. The highest BCUT2D eigenvalue weighted by Crippen LogP contribution is 2.26. The number of phenols is 1. The number of carboxylic acids is 1. The summed E-state index contributed by atoms with van der Waals surface area (Å²) in [5.74, 6) is -1.20. The molecule has 5 heteroatoms. The van der Waals surface area contributed by atoms with Crippen molar-refractivity contribution in [3.8, 4) is 5.75 Å². The van der Waals surface area contributed by atoms with E-state index in [2.05, 4.69) is 4.98 Å². The number of aliphatic carboxylic acids is 1. The van der Waals surface area contributed by atoms with Gasteiger partial charge in [0, 0.05) is 17.1 Å². The predicted octanol–water partition coefficient (Wildman–Crippen LogP) is 1.78. The number of aromatic nitrogens is 1. The zero-order chi connectivity index (χ0) is 12.4. The van der Waals surface area contributed by atoms with Gasteiger partial charge in [0.25, 0.3) is 0 Å². The quantitative estimate of drug-likeness (QED) is 0.700. The Morgan fingerprint density at radius 1 is 1.35 bits per heavy atom. The molecule has 0 spiro atoms. The number of benzene rings is 1. The summed E-state index contributed by atoms with van der Waals surface area (Å²) in [5, 5.41) is 26.7. The van der Waals surface area contributed by atoms with Crippen molar-refractivity contribution in [2.24, 2.45) is 0 Å². The Bertz CT molecular complexity index is 608. The molecule has 2 rings (SSSR count). The molecule has 1 aromatic heterocycles. The first kappa shape index (κ1) is 11.1. The summed E-state index contributed by atoms with van der Waals surface area (Å²) in [5.41, 5.74) is 0.724. The first-order chi connectivity index (χ1) is 8.09. The minimum Gasteiger partial charge on any atom is -0.507 e. The molecule has 0 aliphatic rings. The summed E-state index contributed by atoms with van der Waals surface area (Å²) in [6, 6.07) is 6.43. The molecule has 5 nitrogen and oxygen atoms in total. The highest BCUT2D eigenvalue weighted by Gasteiger charge is 2.14. The average Bonchev–Trinajstić information content (AvgIpc) is 2.27. The van der Waals surface area contributed by atoms with Gasteiger partial charge in [-0.3, -0.25) is 9.78 Å². The van der Waals surface area contributed by atoms with Gasteiger partial charge in [-0.15, -0.1) is 0 Å². The van der Waals surface area contributed by atoms with Gasteiger partial charge < -0.3 is 15.6 Å². The van der Waals surface area contributed by atoms with Crippen LogP contribution >= 0.6 is 0 Å². The van der Waals surface area contributed by atoms with E-state index >= 15 is 0 Å². The molecule has 0 saturated carbocycles. The lowest BCUT2D eigenvalue weighted by molar-refractivity contribution is -0.135. The maximum Gasteiger partial charge on any atom is 0.309 e. The van der Waals surface area contributed by atoms with Gasteiger partial charge in [-0.05, 0) is 18.2 Å². The van der Waals surface area contributed by atoms with Crippen LogP contribution in [0.2, 0.25) is 0 Å². The Hall–Kier alpha value is -2.43. The summed E-state index contributed by atoms with van der Waals surface area (Å²) in [6.07, 6.45) is 1.17. The van der Waals surface area contributed by atoms with Gasteiger partial charge in [-0.2, -0.15) is 0 Å². The van der Waals surface area contributed by atoms with Crippen molar-refractivity contribution >= 4 is 22.6 Å². The molecule has 0 unspecified atom stereocenters. The van der Waals surface area contributed by atoms with Crippen molar-refractivity contribution < 1.29 is 15.0 Å². The number of phenolic OH excluding ortho intramolecular Hbond substituents is 1. The van der Waals surface area contributed by atoms with E-state index in [0.29, 0.717) is 10.9 Å². The lowest BCUT2D eigenvalue weighted by Gasteiger charge is -2.08. The number of rotatable bonds is 3. The Morgan fingerprint density at radius 2 is 2.12 bits per heavy atom. The number of pyridine rings is 1. The van der Waals surface area contributed by atoms with Crippen molar-refractivity contribution in [2.75, 3.05) is 0 Å². The number of fused-ring (bicyclic) bond motifs is 1. The third-order valence-electron chi connectivity index (χ3n) is 2.39. The van der Waals surface area contributed by atoms with E-state index in [4.69, 9.17) is 10.5 Å². The maximum absolute atomic E-state index is 10.6. The van der Waals surface area contributed by atoms with Gasteiger partial charge >= 0.3 is 5.97 Å². The molecule has 0 aliphatic carbocycles. The molecule has 0 saturated heterocycles. The van der Waals surface area contributed by atoms with E-state index in [0.717, 1.165) is 0 Å². The second-order valence-corrected chi connectivity index (χ2v) is 3.58. The molecule has 0 bridgehead atoms. The monoisotopic (exact) mass is 230 g/mol. The first-order valence-electron chi connectivity index (χ1n) is 4.96. The van der Waals surface area contributed by atoms with Gasteiger partial charge in [0.2, 0.25) is 0 Å². The molecule has 17 heavy (non-hydrogen) atoms. The molecule has 1 aromatic carbocycles. The second kappa shape index (κ2) is 4.21. The second-order valence-electron chi connectivity index (χ2n) is 3.58. The smallest absolute Gasteiger partial charge is 0.309 e. The zero-order valence-corrected chi connectivity index (χ0v) is 8.84. The summed E-state index contributed by atoms with van der Waals surface area (Å²) in [7, 11) is 0. The predicted molar refractivity (Wildman–Crippen MR) is 62.5 cm³/mol. The molecule has 0 aliphatic heterocycles. The standard InChI is InChI=1S/C12H10N2O3/c13-8(6-11(16)17)12-7-2-1-5-14-9(7)3-4-10(12)15/h1-5,13,15H,6H2,(H,16,17). The minimum absolute atomic E-state index is 0.100. The zero-order valence-electron chi connectivity index (χ0n) is 8.84. The fourth-order valence-electron chi connectivity index (χ4n) is 1.70. The number of hydrogen-bond acceptors (Lipinski definition) is 4. The van der Waals surface area contributed by atoms with E-state index < -0.39 is 12.4 Å². The molecule has 2 aromatic rings. The molecule has 0 fully saturated rings. The number of carbonyl (C=O) groups is 1. The van der Waals surface area contributed by atoms with Crippen LogP contribution in [0.5, 0.6) is 5.75 Å². The number of nitrogens with one attached hydrogen (secondary N) is 1. The largest absolute Gasteiger partial charge is 0.507 e. The number of hydrogen-bond donors (Lipinski definition) is 3. The normalized spacial score (nSPS) is 10.4. The maximum atomic E-state index is 10.6. The van der Waals surface area contributed by atoms with Crippen LogP contribution in [0.15, 0.2) is 30.5 Å². The van der Waals surface area contributed by atoms with Crippen LogP contribution < -0.4 is 0 Å². The molecule has 86 valence electrons. The van der Waals surface area contributed by atoms with Crippen molar-refractivity contribution in [2.45, 2.75) is 6.42 Å². The summed E-state index contributed by atoms with van der Waals surface area (Å²) < 4.78 is 0. The number of nitrogens with zero attached hydrogens (tertiary/aromatic N) is 1. The van der Waals surface area contributed by atoms with Crippen molar-refractivity contribution in [1.29, 1.82) is 5.41 Å². The van der Waals surface area contributed by atoms with Gasteiger partial charge in [-0.1, -0.05) is 6.07 Å². The van der Waals surface area contributed by atoms with E-state index in [1.54, 1.807) is 24.4 Å². The van der Waals surface area contributed by atoms with Crippen LogP contribution in [0, 0.1) is 5.41 Å². The lowest BCUT2D eigenvalue weighted by atomic mass is 10.0. The average molecular weight is 230 g/mol. The van der Waals surface area contributed by atoms with Gasteiger partial charge in [0.15, 0.2) is 0 Å². The van der Waals surface area contributed by atoms with Gasteiger partial charge in [0.05, 0.1) is 17.6 Å².